The third kappa shape index (κ3) is 3.59. The standard InChI is InChI=1S/C25H18BrF4N3O/c1-15-11-16-3-2-4-21(26)23(16)32(15)14-24(34,25(28,29)30)18-5-10-22-17(12-18)13-31-33(22)20-8-6-19(27)7-9-20/h2-13,34H,14H2,1H3. The second kappa shape index (κ2) is 7.95. The van der Waals surface area contributed by atoms with Gasteiger partial charge in [0.15, 0.2) is 0 Å². The molecule has 2 aromatic heterocycles. The van der Waals surface area contributed by atoms with Crippen LogP contribution in [0.3, 0.4) is 0 Å². The van der Waals surface area contributed by atoms with E-state index in [9.17, 15) is 22.7 Å². The predicted octanol–water partition coefficient (Wildman–Crippen LogP) is 6.64. The summed E-state index contributed by atoms with van der Waals surface area (Å²) < 4.78 is 60.1. The SMILES string of the molecule is Cc1cc2cccc(Br)c2n1CC(O)(c1ccc2c(cnn2-c2ccc(F)cc2)c1)C(F)(F)F. The van der Waals surface area contributed by atoms with Gasteiger partial charge in [0.1, 0.15) is 5.82 Å². The Morgan fingerprint density at radius 2 is 1.71 bits per heavy atom. The van der Waals surface area contributed by atoms with Gasteiger partial charge in [-0.05, 0) is 76.9 Å². The van der Waals surface area contributed by atoms with Gasteiger partial charge in [0.2, 0.25) is 5.60 Å². The highest BCUT2D eigenvalue weighted by Gasteiger charge is 2.55. The first kappa shape index (κ1) is 22.6. The molecule has 0 saturated carbocycles. The van der Waals surface area contributed by atoms with Gasteiger partial charge in [0.05, 0.1) is 29.5 Å². The molecule has 5 rings (SSSR count). The van der Waals surface area contributed by atoms with E-state index < -0.39 is 24.1 Å². The molecular weight excluding hydrogens is 514 g/mol. The minimum Gasteiger partial charge on any atom is -0.375 e. The molecule has 0 bridgehead atoms. The number of aryl methyl sites for hydroxylation is 1. The molecule has 174 valence electrons. The van der Waals surface area contributed by atoms with Crippen molar-refractivity contribution in [3.05, 3.63) is 94.5 Å². The van der Waals surface area contributed by atoms with Crippen LogP contribution in [0, 0.1) is 12.7 Å². The van der Waals surface area contributed by atoms with Crippen molar-refractivity contribution in [1.29, 1.82) is 0 Å². The van der Waals surface area contributed by atoms with Crippen LogP contribution >= 0.6 is 15.9 Å². The first-order valence-corrected chi connectivity index (χ1v) is 11.2. The Labute approximate surface area is 200 Å². The van der Waals surface area contributed by atoms with Crippen LogP contribution in [0.1, 0.15) is 11.3 Å². The van der Waals surface area contributed by atoms with Crippen LogP contribution in [-0.2, 0) is 12.1 Å². The molecule has 4 nitrogen and oxygen atoms in total. The average molecular weight is 532 g/mol. The van der Waals surface area contributed by atoms with E-state index in [4.69, 9.17) is 0 Å². The maximum atomic E-state index is 14.4. The van der Waals surface area contributed by atoms with Crippen LogP contribution in [0.15, 0.2) is 77.4 Å². The predicted molar refractivity (Wildman–Crippen MR) is 125 cm³/mol. The van der Waals surface area contributed by atoms with Crippen molar-refractivity contribution in [2.24, 2.45) is 0 Å². The molecule has 3 aromatic carbocycles. The highest BCUT2D eigenvalue weighted by molar-refractivity contribution is 9.10. The minimum absolute atomic E-state index is 0.292. The number of alkyl halides is 3. The number of hydrogen-bond acceptors (Lipinski definition) is 2. The molecule has 0 saturated heterocycles. The summed E-state index contributed by atoms with van der Waals surface area (Å²) in [5, 5.41) is 16.6. The topological polar surface area (TPSA) is 43.0 Å². The van der Waals surface area contributed by atoms with Crippen molar-refractivity contribution in [3.8, 4) is 5.69 Å². The van der Waals surface area contributed by atoms with Crippen LogP contribution in [0.5, 0.6) is 0 Å². The fourth-order valence-corrected chi connectivity index (χ4v) is 4.86. The number of aliphatic hydroxyl groups is 1. The second-order valence-corrected chi connectivity index (χ2v) is 9.07. The largest absolute Gasteiger partial charge is 0.423 e. The van der Waals surface area contributed by atoms with Crippen molar-refractivity contribution < 1.29 is 22.7 Å². The Morgan fingerprint density at radius 1 is 0.971 bits per heavy atom. The van der Waals surface area contributed by atoms with Gasteiger partial charge >= 0.3 is 6.18 Å². The van der Waals surface area contributed by atoms with Crippen molar-refractivity contribution >= 4 is 37.7 Å². The summed E-state index contributed by atoms with van der Waals surface area (Å²) in [4.78, 5) is 0. The zero-order valence-corrected chi connectivity index (χ0v) is 19.4. The second-order valence-electron chi connectivity index (χ2n) is 8.21. The molecular formula is C25H18BrF4N3O. The van der Waals surface area contributed by atoms with Crippen molar-refractivity contribution in [3.63, 3.8) is 0 Å². The first-order chi connectivity index (χ1) is 16.1. The lowest BCUT2D eigenvalue weighted by molar-refractivity contribution is -0.271. The molecule has 0 aliphatic heterocycles. The molecule has 0 spiro atoms. The fraction of sp³-hybridized carbons (Fsp3) is 0.160. The Kier molecular flexibility index (Phi) is 5.29. The molecule has 1 N–H and O–H groups in total. The van der Waals surface area contributed by atoms with E-state index in [1.165, 1.54) is 57.9 Å². The zero-order valence-electron chi connectivity index (χ0n) is 17.8. The number of nitrogens with zero attached hydrogens (tertiary/aromatic N) is 3. The molecule has 0 aliphatic rings. The van der Waals surface area contributed by atoms with Gasteiger partial charge in [-0.15, -0.1) is 0 Å². The van der Waals surface area contributed by atoms with Crippen LogP contribution in [-0.4, -0.2) is 25.6 Å². The van der Waals surface area contributed by atoms with Gasteiger partial charge in [-0.2, -0.15) is 18.3 Å². The normalized spacial score (nSPS) is 14.1. The van der Waals surface area contributed by atoms with Crippen LogP contribution in [0.4, 0.5) is 17.6 Å². The third-order valence-corrected chi connectivity index (χ3v) is 6.69. The Bertz CT molecular complexity index is 1520. The van der Waals surface area contributed by atoms with Crippen molar-refractivity contribution in [2.45, 2.75) is 25.2 Å². The van der Waals surface area contributed by atoms with Gasteiger partial charge in [-0.25, -0.2) is 9.07 Å². The summed E-state index contributed by atoms with van der Waals surface area (Å²) >= 11 is 3.42. The number of fused-ring (bicyclic) bond motifs is 2. The third-order valence-electron chi connectivity index (χ3n) is 6.05. The summed E-state index contributed by atoms with van der Waals surface area (Å²) in [7, 11) is 0. The van der Waals surface area contributed by atoms with E-state index in [1.807, 2.05) is 6.07 Å². The number of para-hydroxylation sites is 1. The summed E-state index contributed by atoms with van der Waals surface area (Å²) in [6.07, 6.45) is -3.52. The summed E-state index contributed by atoms with van der Waals surface area (Å²) in [6, 6.07) is 16.8. The van der Waals surface area contributed by atoms with E-state index in [1.54, 1.807) is 25.1 Å². The molecule has 0 amide bonds. The Hall–Kier alpha value is -3.17. The van der Waals surface area contributed by atoms with E-state index in [0.717, 1.165) is 5.39 Å². The average Bonchev–Trinajstić information content (AvgIpc) is 3.34. The van der Waals surface area contributed by atoms with Gasteiger partial charge in [-0.3, -0.25) is 0 Å². The Morgan fingerprint density at radius 3 is 2.41 bits per heavy atom. The van der Waals surface area contributed by atoms with Gasteiger partial charge < -0.3 is 9.67 Å². The molecule has 0 radical (unpaired) electrons. The van der Waals surface area contributed by atoms with Crippen LogP contribution in [0.25, 0.3) is 27.5 Å². The number of rotatable bonds is 4. The summed E-state index contributed by atoms with van der Waals surface area (Å²) in [6.45, 7) is 0.991. The van der Waals surface area contributed by atoms with Crippen molar-refractivity contribution in [1.82, 2.24) is 14.3 Å². The molecule has 1 unspecified atom stereocenters. The number of benzene rings is 3. The van der Waals surface area contributed by atoms with Gasteiger partial charge in [-0.1, -0.05) is 18.2 Å². The summed E-state index contributed by atoms with van der Waals surface area (Å²) in [5.74, 6) is -0.405. The lowest BCUT2D eigenvalue weighted by Crippen LogP contribution is -2.46. The minimum atomic E-state index is -4.95. The van der Waals surface area contributed by atoms with E-state index in [2.05, 4.69) is 21.0 Å². The van der Waals surface area contributed by atoms with E-state index >= 15 is 0 Å². The number of aromatic nitrogens is 3. The molecule has 9 heteroatoms. The highest BCUT2D eigenvalue weighted by Crippen LogP contribution is 2.43. The quantitative estimate of drug-likeness (QED) is 0.264. The fourth-order valence-electron chi connectivity index (χ4n) is 4.27. The van der Waals surface area contributed by atoms with Gasteiger partial charge in [0, 0.05) is 20.9 Å². The van der Waals surface area contributed by atoms with Crippen LogP contribution in [0.2, 0.25) is 0 Å². The lowest BCUT2D eigenvalue weighted by Gasteiger charge is -2.32. The molecule has 0 aliphatic carbocycles. The molecule has 2 heterocycles. The molecule has 34 heavy (non-hydrogen) atoms. The highest BCUT2D eigenvalue weighted by atomic mass is 79.9. The lowest BCUT2D eigenvalue weighted by atomic mass is 9.91. The molecule has 1 atom stereocenters. The zero-order chi connectivity index (χ0) is 24.3. The van der Waals surface area contributed by atoms with Crippen LogP contribution < -0.4 is 0 Å². The van der Waals surface area contributed by atoms with E-state index in [-0.39, 0.29) is 5.56 Å². The van der Waals surface area contributed by atoms with Gasteiger partial charge in [0.25, 0.3) is 0 Å². The maximum absolute atomic E-state index is 14.4. The smallest absolute Gasteiger partial charge is 0.375 e. The monoisotopic (exact) mass is 531 g/mol. The first-order valence-electron chi connectivity index (χ1n) is 10.4. The Balaban J connectivity index is 1.62. The van der Waals surface area contributed by atoms with Crippen molar-refractivity contribution in [2.75, 3.05) is 0 Å². The number of halogens is 5. The summed E-state index contributed by atoms with van der Waals surface area (Å²) in [5.41, 5.74) is -1.17. The molecule has 5 aromatic rings. The maximum Gasteiger partial charge on any atom is 0.423 e. The molecule has 0 fully saturated rings. The van der Waals surface area contributed by atoms with E-state index in [0.29, 0.717) is 32.3 Å². The number of hydrogen-bond donors (Lipinski definition) is 1.